The molecule has 1 aromatic carbocycles. The average molecular weight is 321 g/mol. The lowest BCUT2D eigenvalue weighted by Crippen LogP contribution is -2.41. The molecule has 1 aliphatic rings. The van der Waals surface area contributed by atoms with Crippen molar-refractivity contribution in [2.75, 3.05) is 13.7 Å². The minimum absolute atomic E-state index is 0.0178. The van der Waals surface area contributed by atoms with Gasteiger partial charge in [-0.25, -0.2) is 0 Å². The maximum Gasteiger partial charge on any atom is 0.223 e. The van der Waals surface area contributed by atoms with Crippen molar-refractivity contribution in [3.05, 3.63) is 29.8 Å². The standard InChI is InChI=1S/C18H27NO4/c1-3-10-23-16-7-5-4-6-14(16)12-19-18(21)13-8-9-15(20)17(11-13)22-2/h4-7,13,15,17,20H,3,8-12H2,1-2H3,(H,19,21)/t13-,15+,17-/m1/s1. The highest BCUT2D eigenvalue weighted by atomic mass is 16.5. The number of carbonyl (C=O) groups is 1. The van der Waals surface area contributed by atoms with Crippen molar-refractivity contribution in [3.8, 4) is 5.75 Å². The van der Waals surface area contributed by atoms with Gasteiger partial charge in [-0.05, 0) is 31.7 Å². The van der Waals surface area contributed by atoms with Crippen molar-refractivity contribution in [2.45, 2.75) is 51.4 Å². The molecule has 3 atom stereocenters. The van der Waals surface area contributed by atoms with Gasteiger partial charge in [0.05, 0.1) is 18.8 Å². The van der Waals surface area contributed by atoms with E-state index in [4.69, 9.17) is 9.47 Å². The first-order valence-electron chi connectivity index (χ1n) is 8.35. The predicted octanol–water partition coefficient (Wildman–Crippen LogP) is 2.27. The molecule has 0 unspecified atom stereocenters. The van der Waals surface area contributed by atoms with E-state index in [1.165, 1.54) is 0 Å². The second-order valence-electron chi connectivity index (χ2n) is 6.03. The number of aliphatic hydroxyl groups is 1. The molecule has 5 heteroatoms. The first-order valence-corrected chi connectivity index (χ1v) is 8.35. The molecule has 5 nitrogen and oxygen atoms in total. The molecular weight excluding hydrogens is 294 g/mol. The second kappa shape index (κ2) is 8.89. The summed E-state index contributed by atoms with van der Waals surface area (Å²) in [5.41, 5.74) is 0.980. The Morgan fingerprint density at radius 1 is 1.35 bits per heavy atom. The van der Waals surface area contributed by atoms with Crippen molar-refractivity contribution in [1.29, 1.82) is 0 Å². The fourth-order valence-electron chi connectivity index (χ4n) is 2.93. The number of ether oxygens (including phenoxy) is 2. The normalized spacial score (nSPS) is 24.2. The van der Waals surface area contributed by atoms with Crippen molar-refractivity contribution >= 4 is 5.91 Å². The van der Waals surface area contributed by atoms with Crippen LogP contribution in [0.3, 0.4) is 0 Å². The maximum atomic E-state index is 12.4. The van der Waals surface area contributed by atoms with Gasteiger partial charge in [0.15, 0.2) is 0 Å². The Morgan fingerprint density at radius 2 is 2.13 bits per heavy atom. The number of methoxy groups -OCH3 is 1. The first kappa shape index (κ1) is 17.8. The van der Waals surface area contributed by atoms with Crippen LogP contribution < -0.4 is 10.1 Å². The number of amides is 1. The molecule has 1 aliphatic carbocycles. The van der Waals surface area contributed by atoms with Crippen LogP contribution in [0.4, 0.5) is 0 Å². The van der Waals surface area contributed by atoms with Gasteiger partial charge in [-0.1, -0.05) is 25.1 Å². The molecule has 23 heavy (non-hydrogen) atoms. The molecule has 2 N–H and O–H groups in total. The highest BCUT2D eigenvalue weighted by Gasteiger charge is 2.32. The quantitative estimate of drug-likeness (QED) is 0.808. The molecular formula is C18H27NO4. The van der Waals surface area contributed by atoms with Crippen molar-refractivity contribution < 1.29 is 19.4 Å². The zero-order valence-electron chi connectivity index (χ0n) is 14.0. The number of aliphatic hydroxyl groups excluding tert-OH is 1. The van der Waals surface area contributed by atoms with E-state index in [0.717, 1.165) is 17.7 Å². The molecule has 0 heterocycles. The van der Waals surface area contributed by atoms with Crippen molar-refractivity contribution in [3.63, 3.8) is 0 Å². The van der Waals surface area contributed by atoms with Crippen LogP contribution in [0.2, 0.25) is 0 Å². The van der Waals surface area contributed by atoms with Crippen LogP contribution in [0.15, 0.2) is 24.3 Å². The lowest BCUT2D eigenvalue weighted by atomic mass is 9.84. The molecule has 2 rings (SSSR count). The molecule has 0 bridgehead atoms. The Hall–Kier alpha value is -1.59. The van der Waals surface area contributed by atoms with Crippen molar-refractivity contribution in [2.24, 2.45) is 5.92 Å². The first-order chi connectivity index (χ1) is 11.2. The number of rotatable bonds is 7. The third kappa shape index (κ3) is 4.94. The molecule has 1 aromatic rings. The zero-order chi connectivity index (χ0) is 16.7. The van der Waals surface area contributed by atoms with Crippen LogP contribution in [0.5, 0.6) is 5.75 Å². The van der Waals surface area contributed by atoms with Crippen LogP contribution in [-0.4, -0.2) is 36.9 Å². The molecule has 0 radical (unpaired) electrons. The number of nitrogens with one attached hydrogen (secondary N) is 1. The van der Waals surface area contributed by atoms with Gasteiger partial charge in [0.25, 0.3) is 0 Å². The van der Waals surface area contributed by atoms with E-state index in [1.54, 1.807) is 7.11 Å². The largest absolute Gasteiger partial charge is 0.493 e. The van der Waals surface area contributed by atoms with Gasteiger partial charge in [-0.2, -0.15) is 0 Å². The number of carbonyl (C=O) groups excluding carboxylic acids is 1. The van der Waals surface area contributed by atoms with Gasteiger partial charge < -0.3 is 19.9 Å². The average Bonchev–Trinajstić information content (AvgIpc) is 2.59. The van der Waals surface area contributed by atoms with Crippen molar-refractivity contribution in [1.82, 2.24) is 5.32 Å². The molecule has 1 fully saturated rings. The predicted molar refractivity (Wildman–Crippen MR) is 88.2 cm³/mol. The van der Waals surface area contributed by atoms with Crippen LogP contribution in [0, 0.1) is 5.92 Å². The molecule has 1 saturated carbocycles. The molecule has 128 valence electrons. The summed E-state index contributed by atoms with van der Waals surface area (Å²) in [5, 5.41) is 12.8. The molecule has 0 saturated heterocycles. The van der Waals surface area contributed by atoms with Crippen LogP contribution in [0.1, 0.15) is 38.2 Å². The van der Waals surface area contributed by atoms with Gasteiger partial charge >= 0.3 is 0 Å². The smallest absolute Gasteiger partial charge is 0.223 e. The summed E-state index contributed by atoms with van der Waals surface area (Å²) in [6.45, 7) is 3.19. The second-order valence-corrected chi connectivity index (χ2v) is 6.03. The van der Waals surface area contributed by atoms with E-state index in [9.17, 15) is 9.90 Å². The maximum absolute atomic E-state index is 12.4. The summed E-state index contributed by atoms with van der Waals surface area (Å²) in [4.78, 5) is 12.4. The number of hydrogen-bond acceptors (Lipinski definition) is 4. The zero-order valence-corrected chi connectivity index (χ0v) is 14.0. The minimum Gasteiger partial charge on any atom is -0.493 e. The van der Waals surface area contributed by atoms with E-state index in [1.807, 2.05) is 24.3 Å². The summed E-state index contributed by atoms with van der Waals surface area (Å²) >= 11 is 0. The summed E-state index contributed by atoms with van der Waals surface area (Å²) in [5.74, 6) is 0.736. The van der Waals surface area contributed by atoms with Crippen LogP contribution in [-0.2, 0) is 16.1 Å². The van der Waals surface area contributed by atoms with E-state index in [0.29, 0.717) is 32.4 Å². The summed E-state index contributed by atoms with van der Waals surface area (Å²) in [6.07, 6.45) is 2.10. The SMILES string of the molecule is CCCOc1ccccc1CNC(=O)[C@@H]1CC[C@H](O)[C@H](OC)C1. The van der Waals surface area contributed by atoms with Gasteiger partial charge in [-0.3, -0.25) is 4.79 Å². The monoisotopic (exact) mass is 321 g/mol. The Kier molecular flexibility index (Phi) is 6.86. The van der Waals surface area contributed by atoms with Crippen LogP contribution in [0.25, 0.3) is 0 Å². The highest BCUT2D eigenvalue weighted by Crippen LogP contribution is 2.27. The number of hydrogen-bond donors (Lipinski definition) is 2. The Labute approximate surface area is 138 Å². The summed E-state index contributed by atoms with van der Waals surface area (Å²) < 4.78 is 11.0. The topological polar surface area (TPSA) is 67.8 Å². The van der Waals surface area contributed by atoms with E-state index in [2.05, 4.69) is 12.2 Å². The van der Waals surface area contributed by atoms with Crippen LogP contribution >= 0.6 is 0 Å². The van der Waals surface area contributed by atoms with E-state index in [-0.39, 0.29) is 17.9 Å². The van der Waals surface area contributed by atoms with Gasteiger partial charge in [0.2, 0.25) is 5.91 Å². The fourth-order valence-corrected chi connectivity index (χ4v) is 2.93. The minimum atomic E-state index is -0.466. The summed E-state index contributed by atoms with van der Waals surface area (Å²) in [7, 11) is 1.58. The Bertz CT molecular complexity index is 506. The lowest BCUT2D eigenvalue weighted by Gasteiger charge is -2.31. The summed E-state index contributed by atoms with van der Waals surface area (Å²) in [6, 6.07) is 7.77. The van der Waals surface area contributed by atoms with E-state index >= 15 is 0 Å². The molecule has 0 aromatic heterocycles. The molecule has 0 aliphatic heterocycles. The lowest BCUT2D eigenvalue weighted by molar-refractivity contribution is -0.130. The van der Waals surface area contributed by atoms with Gasteiger partial charge in [0.1, 0.15) is 5.75 Å². The number of para-hydroxylation sites is 1. The van der Waals surface area contributed by atoms with E-state index < -0.39 is 6.10 Å². The highest BCUT2D eigenvalue weighted by molar-refractivity contribution is 5.78. The Morgan fingerprint density at radius 3 is 2.87 bits per heavy atom. The van der Waals surface area contributed by atoms with Gasteiger partial charge in [-0.15, -0.1) is 0 Å². The van der Waals surface area contributed by atoms with Gasteiger partial charge in [0, 0.05) is 25.1 Å². The number of benzene rings is 1. The Balaban J connectivity index is 1.89. The fraction of sp³-hybridized carbons (Fsp3) is 0.611. The third-order valence-corrected chi connectivity index (χ3v) is 4.32. The molecule has 0 spiro atoms. The molecule has 1 amide bonds. The third-order valence-electron chi connectivity index (χ3n) is 4.32.